The van der Waals surface area contributed by atoms with Gasteiger partial charge in [0.05, 0.1) is 24.5 Å². The van der Waals surface area contributed by atoms with Gasteiger partial charge in [-0.3, -0.25) is 9.48 Å². The molecular weight excluding hydrogens is 318 g/mol. The van der Waals surface area contributed by atoms with Gasteiger partial charge in [-0.15, -0.1) is 0 Å². The summed E-state index contributed by atoms with van der Waals surface area (Å²) in [6.45, 7) is 3.89. The molecule has 7 heteroatoms. The molecule has 3 heterocycles. The monoisotopic (exact) mass is 343 g/mol. The van der Waals surface area contributed by atoms with Gasteiger partial charge in [-0.1, -0.05) is 0 Å². The minimum Gasteiger partial charge on any atom is -0.381 e. The lowest BCUT2D eigenvalue weighted by molar-refractivity contribution is -0.121. The third-order valence-electron chi connectivity index (χ3n) is 4.46. The van der Waals surface area contributed by atoms with Crippen molar-refractivity contribution >= 4 is 5.91 Å². The molecule has 3 rings (SSSR count). The van der Waals surface area contributed by atoms with Gasteiger partial charge in [-0.2, -0.15) is 5.10 Å². The van der Waals surface area contributed by atoms with Crippen LogP contribution in [0, 0.1) is 6.92 Å². The summed E-state index contributed by atoms with van der Waals surface area (Å²) in [7, 11) is 1.89. The van der Waals surface area contributed by atoms with E-state index in [-0.39, 0.29) is 11.8 Å². The van der Waals surface area contributed by atoms with Crippen molar-refractivity contribution in [2.24, 2.45) is 7.05 Å². The third kappa shape index (κ3) is 4.85. The van der Waals surface area contributed by atoms with Crippen LogP contribution in [0.5, 0.6) is 0 Å². The lowest BCUT2D eigenvalue weighted by Crippen LogP contribution is -2.24. The number of amides is 1. The van der Waals surface area contributed by atoms with Crippen LogP contribution in [0.15, 0.2) is 18.5 Å². The maximum atomic E-state index is 12.1. The summed E-state index contributed by atoms with van der Waals surface area (Å²) >= 11 is 0. The molecule has 25 heavy (non-hydrogen) atoms. The van der Waals surface area contributed by atoms with Gasteiger partial charge < -0.3 is 10.1 Å². The standard InChI is InChI=1S/C18H25N5O2/c1-13-14(11-23(2)22-13)5-6-17(24)20-10-16-7-8-19-18(21-16)15-4-3-9-25-12-15/h7-8,11,15H,3-6,9-10,12H2,1-2H3,(H,20,24). The Hall–Kier alpha value is -2.28. The van der Waals surface area contributed by atoms with Crippen molar-refractivity contribution in [2.45, 2.75) is 45.1 Å². The Balaban J connectivity index is 1.49. The first-order valence-electron chi connectivity index (χ1n) is 8.77. The molecule has 2 aromatic rings. The molecule has 1 aliphatic rings. The second-order valence-corrected chi connectivity index (χ2v) is 6.51. The van der Waals surface area contributed by atoms with Crippen molar-refractivity contribution in [3.63, 3.8) is 0 Å². The van der Waals surface area contributed by atoms with Crippen LogP contribution in [0.4, 0.5) is 0 Å². The summed E-state index contributed by atoms with van der Waals surface area (Å²) in [6.07, 6.45) is 6.97. The molecule has 1 unspecified atom stereocenters. The SMILES string of the molecule is Cc1nn(C)cc1CCC(=O)NCc1ccnc(C2CCCOC2)n1. The highest BCUT2D eigenvalue weighted by Gasteiger charge is 2.19. The number of ether oxygens (including phenoxy) is 1. The molecule has 1 atom stereocenters. The fourth-order valence-electron chi connectivity index (χ4n) is 3.07. The largest absolute Gasteiger partial charge is 0.381 e. The first kappa shape index (κ1) is 17.5. The number of aryl methyl sites for hydroxylation is 3. The van der Waals surface area contributed by atoms with Gasteiger partial charge in [0.2, 0.25) is 5.91 Å². The third-order valence-corrected chi connectivity index (χ3v) is 4.46. The van der Waals surface area contributed by atoms with Crippen LogP contribution in [0.2, 0.25) is 0 Å². The Morgan fingerprint density at radius 1 is 1.48 bits per heavy atom. The Bertz CT molecular complexity index is 722. The summed E-state index contributed by atoms with van der Waals surface area (Å²) in [5, 5.41) is 7.23. The van der Waals surface area contributed by atoms with Crippen LogP contribution < -0.4 is 5.32 Å². The predicted molar refractivity (Wildman–Crippen MR) is 92.9 cm³/mol. The molecule has 0 spiro atoms. The van der Waals surface area contributed by atoms with Crippen LogP contribution in [-0.4, -0.2) is 38.9 Å². The molecular formula is C18H25N5O2. The zero-order chi connectivity index (χ0) is 17.6. The molecule has 0 saturated carbocycles. The van der Waals surface area contributed by atoms with E-state index >= 15 is 0 Å². The van der Waals surface area contributed by atoms with Gasteiger partial charge in [0, 0.05) is 38.4 Å². The zero-order valence-electron chi connectivity index (χ0n) is 14.9. The molecule has 1 fully saturated rings. The Morgan fingerprint density at radius 2 is 2.36 bits per heavy atom. The average Bonchev–Trinajstić information content (AvgIpc) is 2.96. The number of nitrogens with one attached hydrogen (secondary N) is 1. The highest BCUT2D eigenvalue weighted by Crippen LogP contribution is 2.22. The maximum Gasteiger partial charge on any atom is 0.220 e. The second-order valence-electron chi connectivity index (χ2n) is 6.51. The molecule has 0 aromatic carbocycles. The summed E-state index contributed by atoms with van der Waals surface area (Å²) in [5.41, 5.74) is 2.92. The van der Waals surface area contributed by atoms with E-state index in [1.807, 2.05) is 26.2 Å². The average molecular weight is 343 g/mol. The highest BCUT2D eigenvalue weighted by molar-refractivity contribution is 5.76. The van der Waals surface area contributed by atoms with E-state index in [0.29, 0.717) is 26.0 Å². The number of hydrogen-bond acceptors (Lipinski definition) is 5. The fraction of sp³-hybridized carbons (Fsp3) is 0.556. The number of nitrogens with zero attached hydrogens (tertiary/aromatic N) is 4. The molecule has 0 bridgehead atoms. The lowest BCUT2D eigenvalue weighted by atomic mass is 10.0. The zero-order valence-corrected chi connectivity index (χ0v) is 14.9. The number of carbonyl (C=O) groups is 1. The number of carbonyl (C=O) groups excluding carboxylic acids is 1. The first-order valence-corrected chi connectivity index (χ1v) is 8.77. The Morgan fingerprint density at radius 3 is 3.08 bits per heavy atom. The molecule has 1 saturated heterocycles. The van der Waals surface area contributed by atoms with Gasteiger partial charge >= 0.3 is 0 Å². The van der Waals surface area contributed by atoms with Gasteiger partial charge in [-0.25, -0.2) is 9.97 Å². The number of aromatic nitrogens is 4. The molecule has 0 radical (unpaired) electrons. The minimum absolute atomic E-state index is 0.0180. The van der Waals surface area contributed by atoms with E-state index < -0.39 is 0 Å². The van der Waals surface area contributed by atoms with Crippen LogP contribution in [-0.2, 0) is 29.5 Å². The topological polar surface area (TPSA) is 81.9 Å². The van der Waals surface area contributed by atoms with E-state index in [9.17, 15) is 4.79 Å². The lowest BCUT2D eigenvalue weighted by Gasteiger charge is -2.20. The Kier molecular flexibility index (Phi) is 5.75. The van der Waals surface area contributed by atoms with Crippen molar-refractivity contribution in [3.05, 3.63) is 41.2 Å². The summed E-state index contributed by atoms with van der Waals surface area (Å²) < 4.78 is 7.28. The number of hydrogen-bond donors (Lipinski definition) is 1. The van der Waals surface area contributed by atoms with E-state index in [0.717, 1.165) is 42.2 Å². The number of rotatable bonds is 6. The van der Waals surface area contributed by atoms with E-state index in [1.54, 1.807) is 10.9 Å². The molecule has 7 nitrogen and oxygen atoms in total. The van der Waals surface area contributed by atoms with Crippen molar-refractivity contribution in [2.75, 3.05) is 13.2 Å². The van der Waals surface area contributed by atoms with Crippen LogP contribution in [0.1, 0.15) is 48.0 Å². The molecule has 2 aromatic heterocycles. The molecule has 1 aliphatic heterocycles. The normalized spacial score (nSPS) is 17.4. The summed E-state index contributed by atoms with van der Waals surface area (Å²) in [6, 6.07) is 1.85. The van der Waals surface area contributed by atoms with Gasteiger partial charge in [0.1, 0.15) is 5.82 Å². The van der Waals surface area contributed by atoms with Crippen molar-refractivity contribution in [1.82, 2.24) is 25.1 Å². The molecule has 134 valence electrons. The Labute approximate surface area is 147 Å². The van der Waals surface area contributed by atoms with Gasteiger partial charge in [-0.05, 0) is 37.8 Å². The maximum absolute atomic E-state index is 12.1. The molecule has 0 aliphatic carbocycles. The van der Waals surface area contributed by atoms with Gasteiger partial charge in [0.25, 0.3) is 0 Å². The predicted octanol–water partition coefficient (Wildman–Crippen LogP) is 1.66. The fourth-order valence-corrected chi connectivity index (χ4v) is 3.07. The summed E-state index contributed by atoms with van der Waals surface area (Å²) in [4.78, 5) is 21.0. The van der Waals surface area contributed by atoms with Crippen LogP contribution in [0.25, 0.3) is 0 Å². The quantitative estimate of drug-likeness (QED) is 0.863. The van der Waals surface area contributed by atoms with Crippen molar-refractivity contribution in [1.29, 1.82) is 0 Å². The minimum atomic E-state index is 0.0180. The van der Waals surface area contributed by atoms with Gasteiger partial charge in [0.15, 0.2) is 0 Å². The smallest absolute Gasteiger partial charge is 0.220 e. The van der Waals surface area contributed by atoms with E-state index in [1.165, 1.54) is 0 Å². The van der Waals surface area contributed by atoms with E-state index in [2.05, 4.69) is 20.4 Å². The first-order chi connectivity index (χ1) is 12.1. The van der Waals surface area contributed by atoms with E-state index in [4.69, 9.17) is 4.74 Å². The molecule has 1 N–H and O–H groups in total. The summed E-state index contributed by atoms with van der Waals surface area (Å²) in [5.74, 6) is 1.10. The second kappa shape index (κ2) is 8.20. The van der Waals surface area contributed by atoms with Crippen LogP contribution in [0.3, 0.4) is 0 Å². The van der Waals surface area contributed by atoms with Crippen molar-refractivity contribution < 1.29 is 9.53 Å². The highest BCUT2D eigenvalue weighted by atomic mass is 16.5. The molecule has 1 amide bonds. The van der Waals surface area contributed by atoms with Crippen molar-refractivity contribution in [3.8, 4) is 0 Å². The van der Waals surface area contributed by atoms with Crippen LogP contribution >= 0.6 is 0 Å².